The van der Waals surface area contributed by atoms with E-state index in [4.69, 9.17) is 5.73 Å². The first-order chi connectivity index (χ1) is 8.96. The third-order valence-electron chi connectivity index (χ3n) is 2.72. The largest absolute Gasteiger partial charge is 0.415 e. The summed E-state index contributed by atoms with van der Waals surface area (Å²) in [4.78, 5) is 21.5. The molecule has 0 fully saturated rings. The van der Waals surface area contributed by atoms with Crippen LogP contribution in [0.25, 0.3) is 0 Å². The first-order valence-corrected chi connectivity index (χ1v) is 5.39. The van der Waals surface area contributed by atoms with Crippen molar-refractivity contribution >= 4 is 17.3 Å². The van der Waals surface area contributed by atoms with Crippen LogP contribution in [0.3, 0.4) is 0 Å². The van der Waals surface area contributed by atoms with Crippen LogP contribution in [0, 0.1) is 17.0 Å². The van der Waals surface area contributed by atoms with Crippen molar-refractivity contribution in [3.05, 3.63) is 33.9 Å². The van der Waals surface area contributed by atoms with Gasteiger partial charge >= 0.3 is 6.18 Å². The van der Waals surface area contributed by atoms with Crippen molar-refractivity contribution < 1.29 is 22.9 Å². The summed E-state index contributed by atoms with van der Waals surface area (Å²) in [5.74, 6) is -1.50. The molecule has 1 unspecified atom stereocenters. The third kappa shape index (κ3) is 3.05. The SMILES string of the molecule is Cc1ccc(NC(=O)C(C)(N)C(F)(F)F)cc1[N+](=O)[O-]. The number of hydrogen-bond acceptors (Lipinski definition) is 4. The van der Waals surface area contributed by atoms with Gasteiger partial charge in [0.2, 0.25) is 0 Å². The highest BCUT2D eigenvalue weighted by molar-refractivity contribution is 5.98. The predicted octanol–water partition coefficient (Wildman–Crippen LogP) is 2.12. The normalized spacial score (nSPS) is 14.5. The molecule has 0 aliphatic heterocycles. The van der Waals surface area contributed by atoms with Gasteiger partial charge in [-0.1, -0.05) is 6.07 Å². The average molecular weight is 291 g/mol. The number of nitro groups is 1. The van der Waals surface area contributed by atoms with Gasteiger partial charge < -0.3 is 11.1 Å². The smallest absolute Gasteiger partial charge is 0.324 e. The number of carbonyl (C=O) groups is 1. The number of nitro benzene ring substituents is 1. The zero-order valence-electron chi connectivity index (χ0n) is 10.6. The molecule has 0 radical (unpaired) electrons. The summed E-state index contributed by atoms with van der Waals surface area (Å²) in [7, 11) is 0. The van der Waals surface area contributed by atoms with Gasteiger partial charge in [-0.15, -0.1) is 0 Å². The second-order valence-corrected chi connectivity index (χ2v) is 4.41. The van der Waals surface area contributed by atoms with E-state index in [-0.39, 0.29) is 11.4 Å². The number of anilines is 1. The van der Waals surface area contributed by atoms with Gasteiger partial charge in [0.15, 0.2) is 5.54 Å². The van der Waals surface area contributed by atoms with Crippen LogP contribution in [-0.4, -0.2) is 22.5 Å². The average Bonchev–Trinajstić information content (AvgIpc) is 2.29. The minimum atomic E-state index is -4.94. The van der Waals surface area contributed by atoms with Crippen LogP contribution < -0.4 is 11.1 Å². The molecule has 0 aliphatic carbocycles. The lowest BCUT2D eigenvalue weighted by Crippen LogP contribution is -2.59. The van der Waals surface area contributed by atoms with Crippen LogP contribution in [0.15, 0.2) is 18.2 Å². The van der Waals surface area contributed by atoms with Crippen LogP contribution in [-0.2, 0) is 4.79 Å². The Bertz CT molecular complexity index is 556. The molecule has 9 heteroatoms. The molecule has 1 amide bonds. The Kier molecular flexibility index (Phi) is 4.04. The number of halogens is 3. The molecule has 0 heterocycles. The Labute approximate surface area is 111 Å². The lowest BCUT2D eigenvalue weighted by molar-refractivity contribution is -0.385. The van der Waals surface area contributed by atoms with Gasteiger partial charge in [0.25, 0.3) is 11.6 Å². The highest BCUT2D eigenvalue weighted by atomic mass is 19.4. The number of nitrogens with one attached hydrogen (secondary N) is 1. The van der Waals surface area contributed by atoms with Gasteiger partial charge in [-0.3, -0.25) is 14.9 Å². The van der Waals surface area contributed by atoms with Gasteiger partial charge in [0.1, 0.15) is 0 Å². The van der Waals surface area contributed by atoms with E-state index in [1.54, 1.807) is 0 Å². The maximum Gasteiger partial charge on any atom is 0.415 e. The molecule has 1 aromatic rings. The molecule has 0 saturated heterocycles. The number of hydrogen-bond donors (Lipinski definition) is 2. The molecule has 1 rings (SSSR count). The second kappa shape index (κ2) is 5.08. The van der Waals surface area contributed by atoms with Gasteiger partial charge in [0.05, 0.1) is 4.92 Å². The molecule has 0 aromatic heterocycles. The fourth-order valence-corrected chi connectivity index (χ4v) is 1.27. The Morgan fingerprint density at radius 1 is 1.40 bits per heavy atom. The zero-order chi connectivity index (χ0) is 15.7. The first kappa shape index (κ1) is 15.9. The Morgan fingerprint density at radius 2 is 1.95 bits per heavy atom. The van der Waals surface area contributed by atoms with Crippen molar-refractivity contribution in [2.24, 2.45) is 5.73 Å². The monoisotopic (exact) mass is 291 g/mol. The molecular weight excluding hydrogens is 279 g/mol. The highest BCUT2D eigenvalue weighted by Gasteiger charge is 2.54. The van der Waals surface area contributed by atoms with Gasteiger partial charge in [-0.25, -0.2) is 0 Å². The number of alkyl halides is 3. The maximum absolute atomic E-state index is 12.6. The van der Waals surface area contributed by atoms with Crippen LogP contribution in [0.2, 0.25) is 0 Å². The van der Waals surface area contributed by atoms with Gasteiger partial charge in [-0.2, -0.15) is 13.2 Å². The van der Waals surface area contributed by atoms with E-state index in [2.05, 4.69) is 0 Å². The van der Waals surface area contributed by atoms with Crippen LogP contribution >= 0.6 is 0 Å². The summed E-state index contributed by atoms with van der Waals surface area (Å²) in [6.07, 6.45) is -4.94. The van der Waals surface area contributed by atoms with Crippen molar-refractivity contribution in [2.75, 3.05) is 5.32 Å². The Morgan fingerprint density at radius 3 is 2.40 bits per heavy atom. The van der Waals surface area contributed by atoms with Gasteiger partial charge in [-0.05, 0) is 19.9 Å². The maximum atomic E-state index is 12.6. The Balaban J connectivity index is 3.03. The summed E-state index contributed by atoms with van der Waals surface area (Å²) in [5, 5.41) is 12.6. The van der Waals surface area contributed by atoms with Crippen molar-refractivity contribution in [2.45, 2.75) is 25.6 Å². The zero-order valence-corrected chi connectivity index (χ0v) is 10.6. The van der Waals surface area contributed by atoms with Gasteiger partial charge in [0, 0.05) is 17.3 Å². The van der Waals surface area contributed by atoms with Crippen molar-refractivity contribution in [1.29, 1.82) is 0 Å². The molecule has 110 valence electrons. The molecule has 1 aromatic carbocycles. The number of benzene rings is 1. The number of nitrogens with two attached hydrogens (primary N) is 1. The number of rotatable bonds is 3. The van der Waals surface area contributed by atoms with E-state index in [0.717, 1.165) is 6.07 Å². The van der Waals surface area contributed by atoms with Crippen LogP contribution in [0.5, 0.6) is 0 Å². The summed E-state index contributed by atoms with van der Waals surface area (Å²) in [6, 6.07) is 3.54. The van der Waals surface area contributed by atoms with Crippen LogP contribution in [0.1, 0.15) is 12.5 Å². The summed E-state index contributed by atoms with van der Waals surface area (Å²) in [5.41, 5.74) is 1.73. The first-order valence-electron chi connectivity index (χ1n) is 5.39. The van der Waals surface area contributed by atoms with Crippen LogP contribution in [0.4, 0.5) is 24.5 Å². The molecule has 0 saturated carbocycles. The number of amides is 1. The quantitative estimate of drug-likeness (QED) is 0.658. The molecule has 0 spiro atoms. The summed E-state index contributed by atoms with van der Waals surface area (Å²) in [6.45, 7) is 1.98. The molecule has 0 aliphatic rings. The summed E-state index contributed by atoms with van der Waals surface area (Å²) < 4.78 is 37.7. The van der Waals surface area contributed by atoms with E-state index in [0.29, 0.717) is 12.5 Å². The molecular formula is C11H12F3N3O3. The van der Waals surface area contributed by atoms with E-state index < -0.39 is 22.5 Å². The summed E-state index contributed by atoms with van der Waals surface area (Å²) >= 11 is 0. The topological polar surface area (TPSA) is 98.3 Å². The van der Waals surface area contributed by atoms with E-state index in [9.17, 15) is 28.1 Å². The van der Waals surface area contributed by atoms with Crippen molar-refractivity contribution in [3.63, 3.8) is 0 Å². The fourth-order valence-electron chi connectivity index (χ4n) is 1.27. The number of aryl methyl sites for hydroxylation is 1. The molecule has 6 nitrogen and oxygen atoms in total. The molecule has 0 bridgehead atoms. The second-order valence-electron chi connectivity index (χ2n) is 4.41. The van der Waals surface area contributed by atoms with Crippen molar-refractivity contribution in [3.8, 4) is 0 Å². The van der Waals surface area contributed by atoms with E-state index in [1.165, 1.54) is 19.1 Å². The fraction of sp³-hybridized carbons (Fsp3) is 0.364. The Hall–Kier alpha value is -2.16. The van der Waals surface area contributed by atoms with Crippen molar-refractivity contribution in [1.82, 2.24) is 0 Å². The minimum Gasteiger partial charge on any atom is -0.324 e. The number of carbonyl (C=O) groups excluding carboxylic acids is 1. The predicted molar refractivity (Wildman–Crippen MR) is 65.1 cm³/mol. The lowest BCUT2D eigenvalue weighted by atomic mass is 10.0. The third-order valence-corrected chi connectivity index (χ3v) is 2.72. The molecule has 3 N–H and O–H groups in total. The van der Waals surface area contributed by atoms with E-state index >= 15 is 0 Å². The minimum absolute atomic E-state index is 0.131. The molecule has 1 atom stereocenters. The molecule has 20 heavy (non-hydrogen) atoms. The lowest BCUT2D eigenvalue weighted by Gasteiger charge is -2.26. The number of nitrogens with zero attached hydrogens (tertiary/aromatic N) is 1. The highest BCUT2D eigenvalue weighted by Crippen LogP contribution is 2.30. The standard InChI is InChI=1S/C11H12F3N3O3/c1-6-3-4-7(5-8(6)17(19)20)16-9(18)10(2,15)11(12,13)14/h3-5H,15H2,1-2H3,(H,16,18). The van der Waals surface area contributed by atoms with E-state index in [1.807, 2.05) is 5.32 Å².